The predicted octanol–water partition coefficient (Wildman–Crippen LogP) is 3.43. The highest BCUT2D eigenvalue weighted by Gasteiger charge is 2.26. The van der Waals surface area contributed by atoms with E-state index in [1.807, 2.05) is 12.1 Å². The average Bonchev–Trinajstić information content (AvgIpc) is 2.73. The number of piperidine rings is 1. The van der Waals surface area contributed by atoms with Crippen LogP contribution in [0.4, 0.5) is 0 Å². The molecule has 2 fully saturated rings. The summed E-state index contributed by atoms with van der Waals surface area (Å²) in [4.78, 5) is 11.4. The van der Waals surface area contributed by atoms with Crippen LogP contribution in [0, 0.1) is 0 Å². The largest absolute Gasteiger partial charge is 0.490 e. The minimum absolute atomic E-state index is 0. The van der Waals surface area contributed by atoms with Crippen LogP contribution in [0.15, 0.2) is 29.5 Å². The molecular weight excluding hydrogens is 465 g/mol. The maximum atomic E-state index is 5.67. The summed E-state index contributed by atoms with van der Waals surface area (Å²) in [6, 6.07) is 5.15. The maximum Gasteiger partial charge on any atom is 0.191 e. The van der Waals surface area contributed by atoms with E-state index in [1.165, 1.54) is 58.0 Å². The van der Waals surface area contributed by atoms with Gasteiger partial charge in [-0.15, -0.1) is 24.0 Å². The molecule has 0 spiro atoms. The summed E-state index contributed by atoms with van der Waals surface area (Å²) in [5.74, 6) is 1.70. The van der Waals surface area contributed by atoms with Crippen LogP contribution < -0.4 is 15.4 Å². The highest BCUT2D eigenvalue weighted by atomic mass is 127. The Morgan fingerprint density at radius 1 is 1.21 bits per heavy atom. The lowest BCUT2D eigenvalue weighted by Gasteiger charge is -2.39. The molecule has 2 aliphatic rings. The molecule has 0 amide bonds. The van der Waals surface area contributed by atoms with E-state index in [1.54, 1.807) is 12.4 Å². The summed E-state index contributed by atoms with van der Waals surface area (Å²) in [7, 11) is 0. The van der Waals surface area contributed by atoms with Crippen molar-refractivity contribution >= 4 is 29.9 Å². The molecule has 158 valence electrons. The highest BCUT2D eigenvalue weighted by molar-refractivity contribution is 14.0. The fraction of sp³-hybridized carbons (Fsp3) is 0.714. The second kappa shape index (κ2) is 13.2. The molecule has 1 aromatic rings. The van der Waals surface area contributed by atoms with Crippen LogP contribution in [0.2, 0.25) is 0 Å². The molecule has 6 nitrogen and oxygen atoms in total. The second-order valence-corrected chi connectivity index (χ2v) is 7.54. The molecule has 0 atom stereocenters. The molecule has 0 aromatic carbocycles. The van der Waals surface area contributed by atoms with Crippen LogP contribution in [0.25, 0.3) is 0 Å². The zero-order valence-corrected chi connectivity index (χ0v) is 19.4. The number of halogens is 1. The highest BCUT2D eigenvalue weighted by Crippen LogP contribution is 2.25. The van der Waals surface area contributed by atoms with Gasteiger partial charge in [-0.25, -0.2) is 4.99 Å². The summed E-state index contributed by atoms with van der Waals surface area (Å²) in [5, 5.41) is 6.98. The van der Waals surface area contributed by atoms with Crippen molar-refractivity contribution in [3.63, 3.8) is 0 Å². The lowest BCUT2D eigenvalue weighted by Crippen LogP contribution is -2.51. The van der Waals surface area contributed by atoms with E-state index >= 15 is 0 Å². The van der Waals surface area contributed by atoms with Crippen molar-refractivity contribution < 1.29 is 4.74 Å². The lowest BCUT2D eigenvalue weighted by molar-refractivity contribution is 0.119. The van der Waals surface area contributed by atoms with E-state index in [0.29, 0.717) is 19.2 Å². The third-order valence-corrected chi connectivity index (χ3v) is 5.57. The number of nitrogens with one attached hydrogen (secondary N) is 2. The van der Waals surface area contributed by atoms with Crippen molar-refractivity contribution in [1.82, 2.24) is 20.5 Å². The Kier molecular flexibility index (Phi) is 10.9. The third kappa shape index (κ3) is 7.73. The first-order valence-electron chi connectivity index (χ1n) is 10.7. The summed E-state index contributed by atoms with van der Waals surface area (Å²) >= 11 is 0. The van der Waals surface area contributed by atoms with E-state index in [9.17, 15) is 0 Å². The SMILES string of the molecule is CCNC(=NCCOc1cccnc1)NC1CCN(C2CCCCC2)CC1.I. The number of pyridine rings is 1. The molecule has 28 heavy (non-hydrogen) atoms. The molecular formula is C21H36IN5O. The van der Waals surface area contributed by atoms with Crippen LogP contribution in [0.1, 0.15) is 51.9 Å². The van der Waals surface area contributed by atoms with Gasteiger partial charge >= 0.3 is 0 Å². The summed E-state index contributed by atoms with van der Waals surface area (Å²) in [5.41, 5.74) is 0. The fourth-order valence-electron chi connectivity index (χ4n) is 4.12. The van der Waals surface area contributed by atoms with Gasteiger partial charge in [0.25, 0.3) is 0 Å². The quantitative estimate of drug-likeness (QED) is 0.260. The second-order valence-electron chi connectivity index (χ2n) is 7.54. The van der Waals surface area contributed by atoms with Crippen LogP contribution in [0.5, 0.6) is 5.75 Å². The van der Waals surface area contributed by atoms with E-state index in [4.69, 9.17) is 4.74 Å². The van der Waals surface area contributed by atoms with Gasteiger partial charge in [0.15, 0.2) is 5.96 Å². The molecule has 1 saturated carbocycles. The monoisotopic (exact) mass is 501 g/mol. The predicted molar refractivity (Wildman–Crippen MR) is 126 cm³/mol. The number of nitrogens with zero attached hydrogens (tertiary/aromatic N) is 3. The maximum absolute atomic E-state index is 5.67. The van der Waals surface area contributed by atoms with Crippen LogP contribution in [0.3, 0.4) is 0 Å². The van der Waals surface area contributed by atoms with Crippen molar-refractivity contribution in [2.24, 2.45) is 4.99 Å². The Morgan fingerprint density at radius 3 is 2.68 bits per heavy atom. The zero-order valence-electron chi connectivity index (χ0n) is 17.1. The van der Waals surface area contributed by atoms with E-state index in [2.05, 4.69) is 32.4 Å². The number of guanidine groups is 1. The van der Waals surface area contributed by atoms with Gasteiger partial charge < -0.3 is 20.3 Å². The molecule has 7 heteroatoms. The Labute approximate surface area is 186 Å². The van der Waals surface area contributed by atoms with Gasteiger partial charge in [-0.1, -0.05) is 19.3 Å². The van der Waals surface area contributed by atoms with Crippen molar-refractivity contribution in [1.29, 1.82) is 0 Å². The van der Waals surface area contributed by atoms with Gasteiger partial charge in [0.2, 0.25) is 0 Å². The van der Waals surface area contributed by atoms with Gasteiger partial charge in [0, 0.05) is 37.9 Å². The molecule has 1 aliphatic heterocycles. The van der Waals surface area contributed by atoms with Crippen molar-refractivity contribution in [2.75, 3.05) is 32.8 Å². The summed E-state index contributed by atoms with van der Waals surface area (Å²) in [6.45, 7) is 6.59. The van der Waals surface area contributed by atoms with Crippen molar-refractivity contribution in [3.8, 4) is 5.75 Å². The number of aliphatic imine (C=N–C) groups is 1. The Morgan fingerprint density at radius 2 is 2.00 bits per heavy atom. The molecule has 1 saturated heterocycles. The number of hydrogen-bond acceptors (Lipinski definition) is 4. The third-order valence-electron chi connectivity index (χ3n) is 5.57. The van der Waals surface area contributed by atoms with Gasteiger partial charge in [-0.2, -0.15) is 0 Å². The van der Waals surface area contributed by atoms with E-state index < -0.39 is 0 Å². The Hall–Kier alpha value is -1.09. The number of ether oxygens (including phenoxy) is 1. The standard InChI is InChI=1S/C21H35N5O.HI/c1-2-23-21(24-13-16-27-20-9-6-12-22-17-20)25-18-10-14-26(15-11-18)19-7-4-3-5-8-19;/h6,9,12,17-19H,2-5,7-8,10-11,13-16H2,1H3,(H2,23,24,25);1H. The molecule has 0 unspecified atom stereocenters. The molecule has 0 radical (unpaired) electrons. The van der Waals surface area contributed by atoms with E-state index in [-0.39, 0.29) is 24.0 Å². The van der Waals surface area contributed by atoms with Crippen molar-refractivity contribution in [2.45, 2.75) is 64.0 Å². The number of aromatic nitrogens is 1. The number of hydrogen-bond donors (Lipinski definition) is 2. The van der Waals surface area contributed by atoms with Gasteiger partial charge in [-0.05, 0) is 44.7 Å². The number of rotatable bonds is 7. The lowest BCUT2D eigenvalue weighted by atomic mass is 9.92. The molecule has 2 heterocycles. The minimum atomic E-state index is 0. The van der Waals surface area contributed by atoms with Crippen LogP contribution in [-0.4, -0.2) is 60.7 Å². The summed E-state index contributed by atoms with van der Waals surface area (Å²) in [6.07, 6.45) is 13.0. The molecule has 3 rings (SSSR count). The minimum Gasteiger partial charge on any atom is -0.490 e. The first-order valence-corrected chi connectivity index (χ1v) is 10.7. The van der Waals surface area contributed by atoms with Gasteiger partial charge in [-0.3, -0.25) is 4.98 Å². The molecule has 1 aliphatic carbocycles. The first kappa shape index (κ1) is 23.2. The molecule has 2 N–H and O–H groups in total. The Bertz CT molecular complexity index is 557. The van der Waals surface area contributed by atoms with Gasteiger partial charge in [0.05, 0.1) is 12.7 Å². The first-order chi connectivity index (χ1) is 13.3. The molecule has 0 bridgehead atoms. The number of likely N-dealkylation sites (tertiary alicyclic amines) is 1. The smallest absolute Gasteiger partial charge is 0.191 e. The van der Waals surface area contributed by atoms with Crippen LogP contribution >= 0.6 is 24.0 Å². The van der Waals surface area contributed by atoms with Gasteiger partial charge in [0.1, 0.15) is 12.4 Å². The van der Waals surface area contributed by atoms with Crippen molar-refractivity contribution in [3.05, 3.63) is 24.5 Å². The Balaban J connectivity index is 0.00000280. The summed E-state index contributed by atoms with van der Waals surface area (Å²) < 4.78 is 5.67. The fourth-order valence-corrected chi connectivity index (χ4v) is 4.12. The topological polar surface area (TPSA) is 61.8 Å². The average molecular weight is 501 g/mol. The normalized spacial score (nSPS) is 19.7. The van der Waals surface area contributed by atoms with Crippen LogP contribution in [-0.2, 0) is 0 Å². The van der Waals surface area contributed by atoms with E-state index in [0.717, 1.165) is 24.3 Å². The zero-order chi connectivity index (χ0) is 18.7. The molecule has 1 aromatic heterocycles.